The summed E-state index contributed by atoms with van der Waals surface area (Å²) in [7, 11) is 0. The van der Waals surface area contributed by atoms with Gasteiger partial charge >= 0.3 is 0 Å². The Hall–Kier alpha value is -3.10. The van der Waals surface area contributed by atoms with Crippen LogP contribution >= 0.6 is 15.9 Å². The molecule has 3 aromatic rings. The van der Waals surface area contributed by atoms with E-state index in [0.717, 1.165) is 4.47 Å². The molecule has 0 aliphatic rings. The molecule has 0 N–H and O–H groups in total. The number of rotatable bonds is 6. The van der Waals surface area contributed by atoms with Crippen molar-refractivity contribution < 1.29 is 13.9 Å². The van der Waals surface area contributed by atoms with Crippen LogP contribution in [0.5, 0.6) is 5.75 Å². The first-order valence-electron chi connectivity index (χ1n) is 7.84. The van der Waals surface area contributed by atoms with Gasteiger partial charge in [0.15, 0.2) is 5.78 Å². The molecule has 26 heavy (non-hydrogen) atoms. The molecule has 0 unspecified atom stereocenters. The second-order valence-corrected chi connectivity index (χ2v) is 6.35. The molecule has 4 nitrogen and oxygen atoms in total. The van der Waals surface area contributed by atoms with Gasteiger partial charge in [-0.15, -0.1) is 0 Å². The van der Waals surface area contributed by atoms with E-state index in [4.69, 9.17) is 14.4 Å². The van der Waals surface area contributed by atoms with Crippen molar-refractivity contribution in [3.05, 3.63) is 93.9 Å². The summed E-state index contributed by atoms with van der Waals surface area (Å²) < 4.78 is 12.1. The van der Waals surface area contributed by atoms with Crippen molar-refractivity contribution in [2.24, 2.45) is 0 Å². The minimum Gasteiger partial charge on any atom is -0.486 e. The highest BCUT2D eigenvalue weighted by molar-refractivity contribution is 9.10. The van der Waals surface area contributed by atoms with Crippen LogP contribution in [0.4, 0.5) is 0 Å². The zero-order valence-electron chi connectivity index (χ0n) is 13.7. The number of nitrogens with zero attached hydrogens (tertiary/aromatic N) is 1. The van der Waals surface area contributed by atoms with Gasteiger partial charge in [-0.05, 0) is 60.7 Å². The minimum absolute atomic E-state index is 0.0990. The Bertz CT molecular complexity index is 981. The second-order valence-electron chi connectivity index (χ2n) is 5.44. The summed E-state index contributed by atoms with van der Waals surface area (Å²) in [5.74, 6) is 1.77. The third-order valence-corrected chi connectivity index (χ3v) is 4.05. The van der Waals surface area contributed by atoms with Crippen molar-refractivity contribution in [2.75, 3.05) is 0 Å². The lowest BCUT2D eigenvalue weighted by Crippen LogP contribution is -1.93. The normalized spacial score (nSPS) is 10.6. The van der Waals surface area contributed by atoms with Gasteiger partial charge in [0.1, 0.15) is 23.9 Å². The Kier molecular flexibility index (Phi) is 5.67. The van der Waals surface area contributed by atoms with Gasteiger partial charge in [0, 0.05) is 10.0 Å². The van der Waals surface area contributed by atoms with E-state index in [1.165, 1.54) is 6.08 Å². The minimum atomic E-state index is -0.0990. The summed E-state index contributed by atoms with van der Waals surface area (Å²) >= 11 is 3.35. The molecule has 2 aromatic carbocycles. The molecule has 5 heteroatoms. The number of furan rings is 1. The van der Waals surface area contributed by atoms with E-state index >= 15 is 0 Å². The fraction of sp³-hybridized carbons (Fsp3) is 0.0476. The lowest BCUT2D eigenvalue weighted by molar-refractivity contribution is 0.104. The second kappa shape index (κ2) is 8.32. The third-order valence-electron chi connectivity index (χ3n) is 3.56. The fourth-order valence-corrected chi connectivity index (χ4v) is 2.64. The largest absolute Gasteiger partial charge is 0.486 e. The zero-order chi connectivity index (χ0) is 18.4. The molecule has 0 atom stereocenters. The maximum absolute atomic E-state index is 12.1. The van der Waals surface area contributed by atoms with Crippen LogP contribution < -0.4 is 4.74 Å². The maximum atomic E-state index is 12.1. The highest BCUT2D eigenvalue weighted by Crippen LogP contribution is 2.17. The Morgan fingerprint density at radius 3 is 2.69 bits per heavy atom. The number of carbonyl (C=O) groups excluding carboxylic acids is 1. The van der Waals surface area contributed by atoms with Crippen LogP contribution in [0.3, 0.4) is 0 Å². The summed E-state index contributed by atoms with van der Waals surface area (Å²) in [6.07, 6.45) is 3.11. The Morgan fingerprint density at radius 1 is 1.15 bits per heavy atom. The van der Waals surface area contributed by atoms with Crippen LogP contribution in [0.2, 0.25) is 0 Å². The van der Waals surface area contributed by atoms with E-state index in [0.29, 0.717) is 28.4 Å². The molecule has 0 saturated heterocycles. The molecule has 0 aliphatic heterocycles. The van der Waals surface area contributed by atoms with Gasteiger partial charge in [0.25, 0.3) is 0 Å². The number of benzene rings is 2. The Morgan fingerprint density at radius 2 is 1.96 bits per heavy atom. The lowest BCUT2D eigenvalue weighted by Gasteiger charge is -2.03. The van der Waals surface area contributed by atoms with Crippen molar-refractivity contribution in [2.45, 2.75) is 6.61 Å². The molecule has 0 spiro atoms. The van der Waals surface area contributed by atoms with E-state index in [1.54, 1.807) is 54.6 Å². The van der Waals surface area contributed by atoms with Crippen LogP contribution in [-0.4, -0.2) is 5.78 Å². The highest BCUT2D eigenvalue weighted by Gasteiger charge is 2.04. The van der Waals surface area contributed by atoms with Gasteiger partial charge in [-0.3, -0.25) is 4.79 Å². The molecule has 0 bridgehead atoms. The van der Waals surface area contributed by atoms with Gasteiger partial charge in [-0.25, -0.2) is 0 Å². The Labute approximate surface area is 159 Å². The van der Waals surface area contributed by atoms with E-state index in [1.807, 2.05) is 12.1 Å². The average Bonchev–Trinajstić information content (AvgIpc) is 3.13. The number of nitriles is 1. The van der Waals surface area contributed by atoms with Crippen molar-refractivity contribution in [3.8, 4) is 11.8 Å². The summed E-state index contributed by atoms with van der Waals surface area (Å²) in [6, 6.07) is 19.7. The van der Waals surface area contributed by atoms with Gasteiger partial charge in [-0.1, -0.05) is 28.1 Å². The number of ketones is 1. The third kappa shape index (κ3) is 4.71. The summed E-state index contributed by atoms with van der Waals surface area (Å²) in [5, 5.41) is 8.78. The van der Waals surface area contributed by atoms with Gasteiger partial charge in [0.05, 0.1) is 11.6 Å². The Balaban J connectivity index is 1.58. The van der Waals surface area contributed by atoms with Crippen LogP contribution in [-0.2, 0) is 6.61 Å². The SMILES string of the molecule is N#Cc1ccc(OCc2ccc(/C=C/C(=O)c3cccc(Br)c3)o2)cc1. The first kappa shape index (κ1) is 17.7. The van der Waals surface area contributed by atoms with E-state index in [-0.39, 0.29) is 12.4 Å². The molecule has 0 radical (unpaired) electrons. The van der Waals surface area contributed by atoms with Gasteiger partial charge < -0.3 is 9.15 Å². The molecular weight excluding hydrogens is 394 g/mol. The summed E-state index contributed by atoms with van der Waals surface area (Å²) in [4.78, 5) is 12.1. The van der Waals surface area contributed by atoms with E-state index < -0.39 is 0 Å². The van der Waals surface area contributed by atoms with Crippen LogP contribution in [0, 0.1) is 11.3 Å². The molecule has 0 amide bonds. The van der Waals surface area contributed by atoms with Crippen molar-refractivity contribution in [3.63, 3.8) is 0 Å². The van der Waals surface area contributed by atoms with Crippen molar-refractivity contribution in [1.29, 1.82) is 5.26 Å². The van der Waals surface area contributed by atoms with Gasteiger partial charge in [0.2, 0.25) is 0 Å². The van der Waals surface area contributed by atoms with Crippen molar-refractivity contribution in [1.82, 2.24) is 0 Å². The zero-order valence-corrected chi connectivity index (χ0v) is 15.3. The predicted molar refractivity (Wildman–Crippen MR) is 102 cm³/mol. The van der Waals surface area contributed by atoms with Gasteiger partial charge in [-0.2, -0.15) is 5.26 Å². The highest BCUT2D eigenvalue weighted by atomic mass is 79.9. The molecule has 0 saturated carbocycles. The molecular formula is C21H14BrNO3. The lowest BCUT2D eigenvalue weighted by atomic mass is 10.1. The number of allylic oxidation sites excluding steroid dienone is 1. The standard InChI is InChI=1S/C21H14BrNO3/c22-17-3-1-2-16(12-17)21(24)11-10-19-8-9-20(26-19)14-25-18-6-4-15(13-23)5-7-18/h1-12H,14H2/b11-10+. The average molecular weight is 408 g/mol. The molecule has 3 rings (SSSR count). The summed E-state index contributed by atoms with van der Waals surface area (Å²) in [5.41, 5.74) is 1.18. The van der Waals surface area contributed by atoms with Crippen molar-refractivity contribution >= 4 is 27.8 Å². The number of halogens is 1. The van der Waals surface area contributed by atoms with E-state index in [2.05, 4.69) is 22.0 Å². The number of hydrogen-bond donors (Lipinski definition) is 0. The smallest absolute Gasteiger partial charge is 0.186 e. The van der Waals surface area contributed by atoms with Crippen LogP contribution in [0.25, 0.3) is 6.08 Å². The molecule has 1 heterocycles. The molecule has 0 fully saturated rings. The number of ether oxygens (including phenoxy) is 1. The van der Waals surface area contributed by atoms with E-state index in [9.17, 15) is 4.79 Å². The first-order valence-corrected chi connectivity index (χ1v) is 8.63. The van der Waals surface area contributed by atoms with Crippen LogP contribution in [0.1, 0.15) is 27.4 Å². The predicted octanol–water partition coefficient (Wildman–Crippen LogP) is 5.39. The number of carbonyl (C=O) groups is 1. The molecule has 1 aromatic heterocycles. The monoisotopic (exact) mass is 407 g/mol. The first-order chi connectivity index (χ1) is 12.6. The summed E-state index contributed by atoms with van der Waals surface area (Å²) in [6.45, 7) is 0.263. The topological polar surface area (TPSA) is 63.2 Å². The fourth-order valence-electron chi connectivity index (χ4n) is 2.24. The molecule has 0 aliphatic carbocycles. The molecule has 128 valence electrons. The number of hydrogen-bond acceptors (Lipinski definition) is 4. The maximum Gasteiger partial charge on any atom is 0.186 e. The van der Waals surface area contributed by atoms with Crippen LogP contribution in [0.15, 0.2) is 75.6 Å². The quantitative estimate of drug-likeness (QED) is 0.405.